The van der Waals surface area contributed by atoms with Gasteiger partial charge < -0.3 is 15.7 Å². The van der Waals surface area contributed by atoms with E-state index in [1.165, 1.54) is 19.3 Å². The molecule has 1 aliphatic rings. The van der Waals surface area contributed by atoms with Gasteiger partial charge in [0.1, 0.15) is 0 Å². The summed E-state index contributed by atoms with van der Waals surface area (Å²) in [6.45, 7) is 6.09. The Morgan fingerprint density at radius 3 is 2.89 bits per heavy atom. The predicted octanol–water partition coefficient (Wildman–Crippen LogP) is 2.90. The minimum absolute atomic E-state index is 0.216. The van der Waals surface area contributed by atoms with E-state index < -0.39 is 5.97 Å². The van der Waals surface area contributed by atoms with Crippen molar-refractivity contribution in [2.24, 2.45) is 5.92 Å². The second kappa shape index (κ2) is 5.51. The van der Waals surface area contributed by atoms with Gasteiger partial charge in [-0.05, 0) is 43.4 Å². The Bertz CT molecular complexity index is 485. The fourth-order valence-corrected chi connectivity index (χ4v) is 2.77. The summed E-state index contributed by atoms with van der Waals surface area (Å²) in [4.78, 5) is 13.5. The lowest BCUT2D eigenvalue weighted by molar-refractivity contribution is 0.0698. The van der Waals surface area contributed by atoms with Crippen molar-refractivity contribution < 1.29 is 9.90 Å². The number of aromatic carboxylic acids is 1. The number of nitrogen functional groups attached to an aromatic ring is 1. The van der Waals surface area contributed by atoms with Crippen LogP contribution >= 0.6 is 0 Å². The Balaban J connectivity index is 2.32. The molecule has 0 spiro atoms. The van der Waals surface area contributed by atoms with E-state index in [0.29, 0.717) is 11.6 Å². The molecule has 1 heterocycles. The molecule has 1 aromatic carbocycles. The Labute approximate surface area is 114 Å². The number of carboxylic acid groups (broad SMARTS) is 1. The van der Waals surface area contributed by atoms with Crippen molar-refractivity contribution in [1.29, 1.82) is 0 Å². The minimum atomic E-state index is -0.952. The van der Waals surface area contributed by atoms with Gasteiger partial charge in [-0.15, -0.1) is 0 Å². The van der Waals surface area contributed by atoms with Crippen LogP contribution in [-0.4, -0.2) is 24.2 Å². The number of nitrogens with two attached hydrogens (primary N) is 1. The maximum Gasteiger partial charge on any atom is 0.337 e. The van der Waals surface area contributed by atoms with Gasteiger partial charge in [0.05, 0.1) is 5.56 Å². The molecule has 1 saturated heterocycles. The Morgan fingerprint density at radius 2 is 2.26 bits per heavy atom. The molecule has 1 aromatic rings. The molecular formula is C15H22N2O2. The van der Waals surface area contributed by atoms with E-state index in [-0.39, 0.29) is 5.56 Å². The van der Waals surface area contributed by atoms with Crippen LogP contribution in [0.15, 0.2) is 12.1 Å². The van der Waals surface area contributed by atoms with Gasteiger partial charge in [-0.1, -0.05) is 13.3 Å². The van der Waals surface area contributed by atoms with E-state index in [9.17, 15) is 9.90 Å². The number of benzene rings is 1. The molecule has 0 amide bonds. The Morgan fingerprint density at radius 1 is 1.53 bits per heavy atom. The summed E-state index contributed by atoms with van der Waals surface area (Å²) in [5.41, 5.74) is 8.26. The van der Waals surface area contributed by atoms with Gasteiger partial charge in [-0.3, -0.25) is 0 Å². The summed E-state index contributed by atoms with van der Waals surface area (Å²) in [6.07, 6.45) is 3.62. The van der Waals surface area contributed by atoms with Gasteiger partial charge in [-0.2, -0.15) is 0 Å². The first-order chi connectivity index (χ1) is 9.02. The average molecular weight is 262 g/mol. The third-order valence-corrected chi connectivity index (χ3v) is 4.06. The smallest absolute Gasteiger partial charge is 0.337 e. The molecule has 4 heteroatoms. The van der Waals surface area contributed by atoms with Crippen molar-refractivity contribution in [3.8, 4) is 0 Å². The van der Waals surface area contributed by atoms with E-state index in [1.54, 1.807) is 6.07 Å². The number of hydrogen-bond donors (Lipinski definition) is 2. The minimum Gasteiger partial charge on any atom is -0.478 e. The number of carbonyl (C=O) groups is 1. The molecule has 0 saturated carbocycles. The maximum atomic E-state index is 11.2. The Kier molecular flexibility index (Phi) is 3.98. The first kappa shape index (κ1) is 13.7. The number of rotatable bonds is 3. The van der Waals surface area contributed by atoms with E-state index in [1.807, 2.05) is 13.0 Å². The van der Waals surface area contributed by atoms with Crippen LogP contribution in [0.2, 0.25) is 0 Å². The van der Waals surface area contributed by atoms with Gasteiger partial charge in [0.2, 0.25) is 0 Å². The molecule has 0 radical (unpaired) electrons. The fraction of sp³-hybridized carbons (Fsp3) is 0.533. The highest BCUT2D eigenvalue weighted by molar-refractivity contribution is 5.95. The third-order valence-electron chi connectivity index (χ3n) is 4.06. The molecule has 1 fully saturated rings. The van der Waals surface area contributed by atoms with Crippen molar-refractivity contribution in [1.82, 2.24) is 0 Å². The zero-order valence-electron chi connectivity index (χ0n) is 11.6. The largest absolute Gasteiger partial charge is 0.478 e. The summed E-state index contributed by atoms with van der Waals surface area (Å²) in [5.74, 6) is -0.244. The number of hydrogen-bond acceptors (Lipinski definition) is 3. The van der Waals surface area contributed by atoms with E-state index in [4.69, 9.17) is 5.73 Å². The molecule has 1 atom stereocenters. The molecule has 0 bridgehead atoms. The molecule has 104 valence electrons. The van der Waals surface area contributed by atoms with E-state index >= 15 is 0 Å². The van der Waals surface area contributed by atoms with Crippen LogP contribution < -0.4 is 10.6 Å². The van der Waals surface area contributed by atoms with Crippen molar-refractivity contribution in [3.05, 3.63) is 23.3 Å². The number of piperidine rings is 1. The molecule has 4 nitrogen and oxygen atoms in total. The van der Waals surface area contributed by atoms with Crippen LogP contribution in [-0.2, 0) is 0 Å². The maximum absolute atomic E-state index is 11.2. The van der Waals surface area contributed by atoms with Gasteiger partial charge in [0, 0.05) is 24.5 Å². The van der Waals surface area contributed by atoms with Crippen molar-refractivity contribution in [2.45, 2.75) is 33.1 Å². The van der Waals surface area contributed by atoms with Crippen LogP contribution in [0, 0.1) is 12.8 Å². The monoisotopic (exact) mass is 262 g/mol. The normalized spacial score (nSPS) is 19.5. The lowest BCUT2D eigenvalue weighted by Gasteiger charge is -2.34. The molecule has 1 unspecified atom stereocenters. The zero-order chi connectivity index (χ0) is 14.0. The topological polar surface area (TPSA) is 66.6 Å². The lowest BCUT2D eigenvalue weighted by Crippen LogP contribution is -2.35. The second-order valence-corrected chi connectivity index (χ2v) is 5.39. The van der Waals surface area contributed by atoms with Crippen molar-refractivity contribution in [3.63, 3.8) is 0 Å². The molecule has 3 N–H and O–H groups in total. The molecule has 1 aliphatic heterocycles. The lowest BCUT2D eigenvalue weighted by atomic mass is 9.94. The van der Waals surface area contributed by atoms with Crippen LogP contribution in [0.3, 0.4) is 0 Å². The standard InChI is InChI=1S/C15H22N2O2/c1-3-11-5-4-6-17(9-11)12-7-10(2)14(16)13(8-12)15(18)19/h7-8,11H,3-6,9,16H2,1-2H3,(H,18,19). The van der Waals surface area contributed by atoms with E-state index in [0.717, 1.165) is 24.3 Å². The van der Waals surface area contributed by atoms with Crippen LogP contribution in [0.1, 0.15) is 42.1 Å². The van der Waals surface area contributed by atoms with Crippen LogP contribution in [0.25, 0.3) is 0 Å². The molecular weight excluding hydrogens is 240 g/mol. The highest BCUT2D eigenvalue weighted by Crippen LogP contribution is 2.29. The number of carboxylic acids is 1. The summed E-state index contributed by atoms with van der Waals surface area (Å²) in [6, 6.07) is 3.71. The number of nitrogens with zero attached hydrogens (tertiary/aromatic N) is 1. The summed E-state index contributed by atoms with van der Waals surface area (Å²) in [7, 11) is 0. The van der Waals surface area contributed by atoms with Gasteiger partial charge in [0.15, 0.2) is 0 Å². The first-order valence-electron chi connectivity index (χ1n) is 6.91. The Hall–Kier alpha value is -1.71. The fourth-order valence-electron chi connectivity index (χ4n) is 2.77. The third kappa shape index (κ3) is 2.83. The molecule has 19 heavy (non-hydrogen) atoms. The average Bonchev–Trinajstić information content (AvgIpc) is 2.41. The SMILES string of the molecule is CCC1CCCN(c2cc(C)c(N)c(C(=O)O)c2)C1. The van der Waals surface area contributed by atoms with Gasteiger partial charge in [-0.25, -0.2) is 4.79 Å². The van der Waals surface area contributed by atoms with Crippen LogP contribution in [0.5, 0.6) is 0 Å². The predicted molar refractivity (Wildman–Crippen MR) is 77.8 cm³/mol. The number of anilines is 2. The zero-order valence-corrected chi connectivity index (χ0v) is 11.6. The summed E-state index contributed by atoms with van der Waals surface area (Å²) in [5, 5.41) is 9.21. The molecule has 0 aliphatic carbocycles. The van der Waals surface area contributed by atoms with Crippen molar-refractivity contribution >= 4 is 17.3 Å². The summed E-state index contributed by atoms with van der Waals surface area (Å²) < 4.78 is 0. The molecule has 0 aromatic heterocycles. The number of aryl methyl sites for hydroxylation is 1. The second-order valence-electron chi connectivity index (χ2n) is 5.39. The van der Waals surface area contributed by atoms with E-state index in [2.05, 4.69) is 11.8 Å². The van der Waals surface area contributed by atoms with Gasteiger partial charge in [0.25, 0.3) is 0 Å². The highest BCUT2D eigenvalue weighted by Gasteiger charge is 2.21. The van der Waals surface area contributed by atoms with Crippen LogP contribution in [0.4, 0.5) is 11.4 Å². The summed E-state index contributed by atoms with van der Waals surface area (Å²) >= 11 is 0. The van der Waals surface area contributed by atoms with Gasteiger partial charge >= 0.3 is 5.97 Å². The van der Waals surface area contributed by atoms with Crippen molar-refractivity contribution in [2.75, 3.05) is 23.7 Å². The quantitative estimate of drug-likeness (QED) is 0.822. The first-order valence-corrected chi connectivity index (χ1v) is 6.91. The highest BCUT2D eigenvalue weighted by atomic mass is 16.4. The molecule has 2 rings (SSSR count).